The van der Waals surface area contributed by atoms with E-state index in [1.807, 2.05) is 31.2 Å². The summed E-state index contributed by atoms with van der Waals surface area (Å²) in [6.45, 7) is 5.52. The van der Waals surface area contributed by atoms with E-state index < -0.39 is 0 Å². The Bertz CT molecular complexity index is 1230. The third-order valence-electron chi connectivity index (χ3n) is 4.80. The first-order chi connectivity index (χ1) is 13.8. The summed E-state index contributed by atoms with van der Waals surface area (Å²) in [5.74, 6) is -0.258. The number of rotatable bonds is 3. The topological polar surface area (TPSA) is 70.5 Å². The number of carbonyl (C=O) groups is 1. The smallest absolute Gasteiger partial charge is 0.280 e. The lowest BCUT2D eigenvalue weighted by Gasteiger charge is -2.12. The third kappa shape index (κ3) is 3.43. The molecule has 0 atom stereocenters. The summed E-state index contributed by atoms with van der Waals surface area (Å²) in [6.07, 6.45) is 1.61. The van der Waals surface area contributed by atoms with Crippen molar-refractivity contribution in [2.45, 2.75) is 20.8 Å². The number of nitrogens with one attached hydrogen (secondary N) is 1. The van der Waals surface area contributed by atoms with Crippen LogP contribution in [0.2, 0.25) is 5.02 Å². The van der Waals surface area contributed by atoms with Crippen molar-refractivity contribution in [1.82, 2.24) is 9.78 Å². The minimum absolute atomic E-state index is 0.244. The van der Waals surface area contributed by atoms with Gasteiger partial charge in [-0.2, -0.15) is 10.1 Å². The van der Waals surface area contributed by atoms with E-state index >= 15 is 0 Å². The molecular formula is C22H19ClN4O2. The highest BCUT2D eigenvalue weighted by Crippen LogP contribution is 2.25. The predicted octanol–water partition coefficient (Wildman–Crippen LogP) is 4.24. The zero-order valence-electron chi connectivity index (χ0n) is 16.2. The lowest BCUT2D eigenvalue weighted by molar-refractivity contribution is -0.114. The Kier molecular flexibility index (Phi) is 4.72. The number of hydrogen-bond donors (Lipinski definition) is 1. The zero-order valence-corrected chi connectivity index (χ0v) is 17.0. The molecule has 0 fully saturated rings. The number of halogens is 1. The van der Waals surface area contributed by atoms with Gasteiger partial charge in [-0.05, 0) is 68.8 Å². The van der Waals surface area contributed by atoms with Gasteiger partial charge in [0.2, 0.25) is 0 Å². The second kappa shape index (κ2) is 7.22. The molecular weight excluding hydrogens is 388 g/mol. The maximum absolute atomic E-state index is 13.0. The molecule has 3 aromatic rings. The van der Waals surface area contributed by atoms with E-state index in [1.165, 1.54) is 9.69 Å². The molecule has 1 N–H and O–H groups in total. The van der Waals surface area contributed by atoms with Crippen LogP contribution in [0.3, 0.4) is 0 Å². The summed E-state index contributed by atoms with van der Waals surface area (Å²) in [6, 6.07) is 14.5. The van der Waals surface area contributed by atoms with E-state index in [1.54, 1.807) is 44.2 Å². The fourth-order valence-electron chi connectivity index (χ4n) is 3.26. The van der Waals surface area contributed by atoms with E-state index in [-0.39, 0.29) is 11.5 Å². The van der Waals surface area contributed by atoms with Crippen molar-refractivity contribution in [3.8, 4) is 5.69 Å². The standard InChI is InChI=1S/C22H19ClN4O2/c1-13-5-4-6-18(11-13)27-22(29)20(15(3)25-27)12-19-14(2)24-26(21(19)28)17-9-7-16(23)8-10-17/h4-12,24H,1-3H3/b20-12-. The molecule has 146 valence electrons. The Hall–Kier alpha value is -3.38. The summed E-state index contributed by atoms with van der Waals surface area (Å²) in [7, 11) is 0. The Balaban J connectivity index is 1.73. The van der Waals surface area contributed by atoms with Gasteiger partial charge in [-0.1, -0.05) is 23.7 Å². The summed E-state index contributed by atoms with van der Waals surface area (Å²) in [5, 5.41) is 9.40. The predicted molar refractivity (Wildman–Crippen MR) is 116 cm³/mol. The molecule has 4 rings (SSSR count). The Morgan fingerprint density at radius 1 is 1.00 bits per heavy atom. The number of H-pyrrole nitrogens is 1. The number of aromatic amines is 1. The van der Waals surface area contributed by atoms with E-state index in [9.17, 15) is 9.59 Å². The Labute approximate surface area is 172 Å². The van der Waals surface area contributed by atoms with Gasteiger partial charge in [0.25, 0.3) is 11.5 Å². The molecule has 1 aliphatic rings. The van der Waals surface area contributed by atoms with Crippen LogP contribution in [0, 0.1) is 13.8 Å². The summed E-state index contributed by atoms with van der Waals surface area (Å²) in [5.41, 5.74) is 4.19. The van der Waals surface area contributed by atoms with Crippen LogP contribution >= 0.6 is 11.6 Å². The molecule has 0 saturated carbocycles. The first-order valence-electron chi connectivity index (χ1n) is 9.11. The van der Waals surface area contributed by atoms with Crippen molar-refractivity contribution in [2.24, 2.45) is 5.10 Å². The van der Waals surface area contributed by atoms with Gasteiger partial charge >= 0.3 is 0 Å². The van der Waals surface area contributed by atoms with Crippen molar-refractivity contribution in [3.05, 3.63) is 86.3 Å². The van der Waals surface area contributed by atoms with Crippen molar-refractivity contribution < 1.29 is 4.79 Å². The van der Waals surface area contributed by atoms with Gasteiger partial charge in [0.05, 0.1) is 28.2 Å². The van der Waals surface area contributed by atoms with Crippen molar-refractivity contribution in [3.63, 3.8) is 0 Å². The van der Waals surface area contributed by atoms with E-state index in [2.05, 4.69) is 10.2 Å². The molecule has 0 saturated heterocycles. The van der Waals surface area contributed by atoms with Gasteiger partial charge in [-0.3, -0.25) is 14.7 Å². The third-order valence-corrected chi connectivity index (χ3v) is 5.05. The maximum atomic E-state index is 13.0. The van der Waals surface area contributed by atoms with Gasteiger partial charge in [0, 0.05) is 10.7 Å². The van der Waals surface area contributed by atoms with Crippen LogP contribution in [-0.4, -0.2) is 21.4 Å². The Morgan fingerprint density at radius 2 is 1.72 bits per heavy atom. The van der Waals surface area contributed by atoms with E-state index in [4.69, 9.17) is 11.6 Å². The molecule has 1 aromatic heterocycles. The molecule has 2 heterocycles. The molecule has 29 heavy (non-hydrogen) atoms. The van der Waals surface area contributed by atoms with Gasteiger partial charge in [-0.25, -0.2) is 4.68 Å². The van der Waals surface area contributed by atoms with Gasteiger partial charge in [-0.15, -0.1) is 0 Å². The molecule has 0 unspecified atom stereocenters. The molecule has 7 heteroatoms. The molecule has 0 radical (unpaired) electrons. The number of nitrogens with zero attached hydrogens (tertiary/aromatic N) is 3. The van der Waals surface area contributed by atoms with E-state index in [0.29, 0.717) is 38.9 Å². The molecule has 1 aliphatic heterocycles. The average Bonchev–Trinajstić information content (AvgIpc) is 3.13. The second-order valence-electron chi connectivity index (χ2n) is 6.97. The fourth-order valence-corrected chi connectivity index (χ4v) is 3.39. The normalized spacial score (nSPS) is 15.3. The van der Waals surface area contributed by atoms with Crippen molar-refractivity contribution in [1.29, 1.82) is 0 Å². The lowest BCUT2D eigenvalue weighted by Crippen LogP contribution is -2.22. The number of aryl methyl sites for hydroxylation is 2. The molecule has 6 nitrogen and oxygen atoms in total. The van der Waals surface area contributed by atoms with Gasteiger partial charge in [0.1, 0.15) is 0 Å². The summed E-state index contributed by atoms with van der Waals surface area (Å²) in [4.78, 5) is 25.9. The van der Waals surface area contributed by atoms with E-state index in [0.717, 1.165) is 5.56 Å². The SMILES string of the molecule is CC1=NN(c2cccc(C)c2)C(=O)/C1=C\c1c(C)[nH]n(-c2ccc(Cl)cc2)c1=O. The summed E-state index contributed by atoms with van der Waals surface area (Å²) >= 11 is 5.93. The van der Waals surface area contributed by atoms with Crippen molar-refractivity contribution in [2.75, 3.05) is 5.01 Å². The van der Waals surface area contributed by atoms with Crippen LogP contribution in [0.4, 0.5) is 5.69 Å². The quantitative estimate of drug-likeness (QED) is 0.661. The monoisotopic (exact) mass is 406 g/mol. The highest BCUT2D eigenvalue weighted by Gasteiger charge is 2.29. The first kappa shape index (κ1) is 19.0. The minimum atomic E-state index is -0.258. The molecule has 0 bridgehead atoms. The number of amides is 1. The first-order valence-corrected chi connectivity index (χ1v) is 9.49. The van der Waals surface area contributed by atoms with Crippen LogP contribution < -0.4 is 10.6 Å². The number of anilines is 1. The lowest BCUT2D eigenvalue weighted by atomic mass is 10.1. The zero-order chi connectivity index (χ0) is 20.7. The number of carbonyl (C=O) groups excluding carboxylic acids is 1. The average molecular weight is 407 g/mol. The fraction of sp³-hybridized carbons (Fsp3) is 0.136. The maximum Gasteiger partial charge on any atom is 0.280 e. The van der Waals surface area contributed by atoms with Crippen molar-refractivity contribution >= 4 is 35.0 Å². The largest absolute Gasteiger partial charge is 0.295 e. The molecule has 0 spiro atoms. The van der Waals surface area contributed by atoms with Crippen LogP contribution in [0.25, 0.3) is 11.8 Å². The molecule has 1 amide bonds. The van der Waals surface area contributed by atoms with Gasteiger partial charge < -0.3 is 0 Å². The van der Waals surface area contributed by atoms with Crippen LogP contribution in [0.1, 0.15) is 23.7 Å². The summed E-state index contributed by atoms with van der Waals surface area (Å²) < 4.78 is 1.43. The number of hydrogen-bond acceptors (Lipinski definition) is 3. The highest BCUT2D eigenvalue weighted by molar-refractivity contribution is 6.32. The number of benzene rings is 2. The number of aromatic nitrogens is 2. The minimum Gasteiger partial charge on any atom is -0.295 e. The van der Waals surface area contributed by atoms with Crippen LogP contribution in [-0.2, 0) is 4.79 Å². The van der Waals surface area contributed by atoms with Gasteiger partial charge in [0.15, 0.2) is 0 Å². The Morgan fingerprint density at radius 3 is 2.41 bits per heavy atom. The molecule has 0 aliphatic carbocycles. The second-order valence-corrected chi connectivity index (χ2v) is 7.40. The molecule has 2 aromatic carbocycles. The van der Waals surface area contributed by atoms with Crippen LogP contribution in [0.15, 0.2) is 64.0 Å². The number of hydrazone groups is 1. The highest BCUT2D eigenvalue weighted by atomic mass is 35.5. The van der Waals surface area contributed by atoms with Crippen LogP contribution in [0.5, 0.6) is 0 Å².